The largest absolute Gasteiger partial charge is 0.269 e. The highest BCUT2D eigenvalue weighted by atomic mass is 15.4. The molecule has 0 saturated heterocycles. The van der Waals surface area contributed by atoms with Crippen LogP contribution in [0.15, 0.2) is 30.6 Å². The third-order valence-corrected chi connectivity index (χ3v) is 2.66. The van der Waals surface area contributed by atoms with Crippen molar-refractivity contribution in [1.82, 2.24) is 9.99 Å². The number of hydrazine groups is 1. The molecule has 0 fully saturated rings. The first kappa shape index (κ1) is 17.1. The fraction of sp³-hybridized carbons (Fsp3) is 0.667. The summed E-state index contributed by atoms with van der Waals surface area (Å²) < 4.78 is 0. The van der Waals surface area contributed by atoms with Crippen LogP contribution in [0.3, 0.4) is 0 Å². The SMILES string of the molecule is CCCCCN(N)CCCCC.c1ccncc1. The van der Waals surface area contributed by atoms with Gasteiger partial charge < -0.3 is 0 Å². The lowest BCUT2D eigenvalue weighted by atomic mass is 10.2. The Hall–Kier alpha value is -0.930. The van der Waals surface area contributed by atoms with Crippen LogP contribution in [-0.2, 0) is 0 Å². The van der Waals surface area contributed by atoms with E-state index in [9.17, 15) is 0 Å². The Morgan fingerprint density at radius 3 is 1.61 bits per heavy atom. The van der Waals surface area contributed by atoms with Gasteiger partial charge in [-0.25, -0.2) is 5.01 Å². The molecule has 1 aromatic rings. The van der Waals surface area contributed by atoms with Crippen molar-refractivity contribution in [3.8, 4) is 0 Å². The van der Waals surface area contributed by atoms with E-state index in [1.165, 1.54) is 38.5 Å². The van der Waals surface area contributed by atoms with E-state index in [1.54, 1.807) is 12.4 Å². The Morgan fingerprint density at radius 2 is 1.33 bits per heavy atom. The number of pyridine rings is 1. The van der Waals surface area contributed by atoms with Crippen LogP contribution in [0.1, 0.15) is 52.4 Å². The van der Waals surface area contributed by atoms with Crippen LogP contribution in [-0.4, -0.2) is 23.1 Å². The molecular formula is C15H29N3. The monoisotopic (exact) mass is 251 g/mol. The van der Waals surface area contributed by atoms with Gasteiger partial charge in [0.25, 0.3) is 0 Å². The Kier molecular flexibility index (Phi) is 13.4. The van der Waals surface area contributed by atoms with Gasteiger partial charge >= 0.3 is 0 Å². The van der Waals surface area contributed by atoms with Crippen molar-refractivity contribution in [1.29, 1.82) is 0 Å². The molecule has 0 aromatic carbocycles. The van der Waals surface area contributed by atoms with Crippen molar-refractivity contribution in [3.05, 3.63) is 30.6 Å². The van der Waals surface area contributed by atoms with Gasteiger partial charge in [-0.2, -0.15) is 0 Å². The number of rotatable bonds is 8. The van der Waals surface area contributed by atoms with E-state index in [0.29, 0.717) is 0 Å². The molecule has 0 unspecified atom stereocenters. The summed E-state index contributed by atoms with van der Waals surface area (Å²) >= 11 is 0. The van der Waals surface area contributed by atoms with E-state index in [4.69, 9.17) is 5.84 Å². The number of unbranched alkanes of at least 4 members (excludes halogenated alkanes) is 4. The van der Waals surface area contributed by atoms with Crippen LogP contribution in [0.5, 0.6) is 0 Å². The van der Waals surface area contributed by atoms with Gasteiger partial charge in [-0.3, -0.25) is 10.8 Å². The summed E-state index contributed by atoms with van der Waals surface area (Å²) in [7, 11) is 0. The molecule has 0 saturated carbocycles. The third-order valence-electron chi connectivity index (χ3n) is 2.66. The summed E-state index contributed by atoms with van der Waals surface area (Å²) in [6.07, 6.45) is 11.2. The minimum atomic E-state index is 1.07. The van der Waals surface area contributed by atoms with Gasteiger partial charge in [0.05, 0.1) is 0 Å². The molecule has 0 radical (unpaired) electrons. The molecule has 2 N–H and O–H groups in total. The normalized spacial score (nSPS) is 10.0. The maximum absolute atomic E-state index is 5.79. The van der Waals surface area contributed by atoms with Crippen LogP contribution in [0.4, 0.5) is 0 Å². The van der Waals surface area contributed by atoms with Crippen molar-refractivity contribution in [2.24, 2.45) is 5.84 Å². The van der Waals surface area contributed by atoms with Gasteiger partial charge in [-0.15, -0.1) is 0 Å². The molecule has 0 aliphatic heterocycles. The number of hydrogen-bond donors (Lipinski definition) is 1. The minimum Gasteiger partial charge on any atom is -0.269 e. The Morgan fingerprint density at radius 1 is 0.833 bits per heavy atom. The third kappa shape index (κ3) is 13.1. The molecule has 1 aromatic heterocycles. The second-order valence-electron chi connectivity index (χ2n) is 4.47. The predicted molar refractivity (Wildman–Crippen MR) is 79.0 cm³/mol. The van der Waals surface area contributed by atoms with Gasteiger partial charge in [0.2, 0.25) is 0 Å². The Bertz CT molecular complexity index is 202. The Balaban J connectivity index is 0.000000397. The summed E-state index contributed by atoms with van der Waals surface area (Å²) in [5.41, 5.74) is 0. The molecule has 0 atom stereocenters. The first-order chi connectivity index (χ1) is 8.81. The van der Waals surface area contributed by atoms with Crippen molar-refractivity contribution in [3.63, 3.8) is 0 Å². The van der Waals surface area contributed by atoms with E-state index >= 15 is 0 Å². The highest BCUT2D eigenvalue weighted by molar-refractivity contribution is 4.88. The van der Waals surface area contributed by atoms with E-state index in [1.807, 2.05) is 23.2 Å². The molecule has 0 aliphatic rings. The van der Waals surface area contributed by atoms with Crippen LogP contribution in [0, 0.1) is 0 Å². The standard InChI is InChI=1S/C10H24N2.C5H5N/c1-3-5-7-9-12(11)10-8-6-4-2;1-2-4-6-5-3-1/h3-11H2,1-2H3;1-5H. The van der Waals surface area contributed by atoms with Crippen molar-refractivity contribution < 1.29 is 0 Å². The van der Waals surface area contributed by atoms with Gasteiger partial charge in [0, 0.05) is 25.5 Å². The fourth-order valence-electron chi connectivity index (χ4n) is 1.55. The molecule has 1 heterocycles. The summed E-state index contributed by atoms with van der Waals surface area (Å²) in [6, 6.07) is 5.72. The number of hydrogen-bond acceptors (Lipinski definition) is 3. The fourth-order valence-corrected chi connectivity index (χ4v) is 1.55. The first-order valence-corrected chi connectivity index (χ1v) is 7.15. The van der Waals surface area contributed by atoms with Crippen molar-refractivity contribution >= 4 is 0 Å². The predicted octanol–water partition coefficient (Wildman–Crippen LogP) is 3.62. The average molecular weight is 251 g/mol. The molecule has 0 aliphatic carbocycles. The average Bonchev–Trinajstić information content (AvgIpc) is 2.42. The first-order valence-electron chi connectivity index (χ1n) is 7.15. The highest BCUT2D eigenvalue weighted by Crippen LogP contribution is 1.98. The molecular weight excluding hydrogens is 222 g/mol. The zero-order chi connectivity index (χ0) is 13.5. The number of nitrogens with zero attached hydrogens (tertiary/aromatic N) is 2. The van der Waals surface area contributed by atoms with Crippen LogP contribution < -0.4 is 5.84 Å². The smallest absolute Gasteiger partial charge is 0.0267 e. The Labute approximate surface area is 112 Å². The lowest BCUT2D eigenvalue weighted by Crippen LogP contribution is -2.32. The molecule has 1 rings (SSSR count). The second-order valence-corrected chi connectivity index (χ2v) is 4.47. The topological polar surface area (TPSA) is 42.1 Å². The summed E-state index contributed by atoms with van der Waals surface area (Å²) in [4.78, 5) is 3.78. The summed E-state index contributed by atoms with van der Waals surface area (Å²) in [6.45, 7) is 6.57. The lowest BCUT2D eigenvalue weighted by molar-refractivity contribution is 0.270. The summed E-state index contributed by atoms with van der Waals surface area (Å²) in [5, 5.41) is 1.96. The lowest BCUT2D eigenvalue weighted by Gasteiger charge is -2.15. The number of nitrogens with two attached hydrogens (primary N) is 1. The van der Waals surface area contributed by atoms with E-state index in [0.717, 1.165) is 13.1 Å². The van der Waals surface area contributed by atoms with Crippen molar-refractivity contribution in [2.75, 3.05) is 13.1 Å². The number of aromatic nitrogens is 1. The minimum absolute atomic E-state index is 1.07. The van der Waals surface area contributed by atoms with Crippen molar-refractivity contribution in [2.45, 2.75) is 52.4 Å². The highest BCUT2D eigenvalue weighted by Gasteiger charge is 1.96. The molecule has 3 heteroatoms. The molecule has 0 spiro atoms. The van der Waals surface area contributed by atoms with Gasteiger partial charge in [-0.05, 0) is 25.0 Å². The van der Waals surface area contributed by atoms with Crippen LogP contribution in [0.25, 0.3) is 0 Å². The summed E-state index contributed by atoms with van der Waals surface area (Å²) in [5.74, 6) is 5.79. The van der Waals surface area contributed by atoms with Gasteiger partial charge in [0.1, 0.15) is 0 Å². The molecule has 3 nitrogen and oxygen atoms in total. The molecule has 0 bridgehead atoms. The zero-order valence-corrected chi connectivity index (χ0v) is 12.0. The zero-order valence-electron chi connectivity index (χ0n) is 12.0. The maximum Gasteiger partial charge on any atom is 0.0267 e. The maximum atomic E-state index is 5.79. The molecule has 0 amide bonds. The van der Waals surface area contributed by atoms with E-state index in [-0.39, 0.29) is 0 Å². The van der Waals surface area contributed by atoms with Crippen LogP contribution in [0.2, 0.25) is 0 Å². The molecule has 18 heavy (non-hydrogen) atoms. The van der Waals surface area contributed by atoms with Gasteiger partial charge in [-0.1, -0.05) is 45.6 Å². The molecule has 104 valence electrons. The van der Waals surface area contributed by atoms with E-state index in [2.05, 4.69) is 18.8 Å². The van der Waals surface area contributed by atoms with Crippen LogP contribution >= 0.6 is 0 Å². The quantitative estimate of drug-likeness (QED) is 0.436. The van der Waals surface area contributed by atoms with Gasteiger partial charge in [0.15, 0.2) is 0 Å². The van der Waals surface area contributed by atoms with E-state index < -0.39 is 0 Å². The second kappa shape index (κ2) is 14.1.